The second-order valence-electron chi connectivity index (χ2n) is 5.52. The minimum Gasteiger partial charge on any atom is -0.382 e. The van der Waals surface area contributed by atoms with Crippen LogP contribution in [0.4, 0.5) is 0 Å². The number of guanidine groups is 1. The zero-order valence-corrected chi connectivity index (χ0v) is 16.2. The zero-order chi connectivity index (χ0) is 14.6. The highest BCUT2D eigenvalue weighted by Gasteiger charge is 2.15. The van der Waals surface area contributed by atoms with Crippen molar-refractivity contribution < 1.29 is 4.74 Å². The summed E-state index contributed by atoms with van der Waals surface area (Å²) < 4.78 is 5.31. The fourth-order valence-electron chi connectivity index (χ4n) is 2.57. The van der Waals surface area contributed by atoms with Crippen LogP contribution in [0.3, 0.4) is 0 Å². The summed E-state index contributed by atoms with van der Waals surface area (Å²) in [6.07, 6.45) is 3.73. The molecule has 5 nitrogen and oxygen atoms in total. The van der Waals surface area contributed by atoms with Crippen LogP contribution in [0.25, 0.3) is 0 Å². The van der Waals surface area contributed by atoms with Crippen molar-refractivity contribution in [3.8, 4) is 0 Å². The molecule has 0 spiro atoms. The van der Waals surface area contributed by atoms with E-state index in [4.69, 9.17) is 4.74 Å². The van der Waals surface area contributed by atoms with Crippen LogP contribution in [0.1, 0.15) is 33.1 Å². The molecule has 0 aromatic heterocycles. The quantitative estimate of drug-likeness (QED) is 0.277. The molecule has 0 aliphatic carbocycles. The van der Waals surface area contributed by atoms with Crippen LogP contribution in [0.5, 0.6) is 0 Å². The number of piperidine rings is 1. The van der Waals surface area contributed by atoms with Gasteiger partial charge in [0, 0.05) is 46.4 Å². The minimum absolute atomic E-state index is 0. The Bertz CT molecular complexity index is 276. The highest BCUT2D eigenvalue weighted by molar-refractivity contribution is 14.0. The average Bonchev–Trinajstić information content (AvgIpc) is 2.45. The number of nitrogens with one attached hydrogen (secondary N) is 2. The summed E-state index contributed by atoms with van der Waals surface area (Å²) in [4.78, 5) is 6.78. The molecule has 1 fully saturated rings. The van der Waals surface area contributed by atoms with E-state index in [2.05, 4.69) is 27.4 Å². The predicted octanol–water partition coefficient (Wildman–Crippen LogP) is 1.93. The molecular formula is C15H33IN4O. The smallest absolute Gasteiger partial charge is 0.191 e. The lowest BCUT2D eigenvalue weighted by atomic mass is 10.0. The van der Waals surface area contributed by atoms with E-state index in [0.29, 0.717) is 0 Å². The summed E-state index contributed by atoms with van der Waals surface area (Å²) in [7, 11) is 1.82. The van der Waals surface area contributed by atoms with Gasteiger partial charge in [0.25, 0.3) is 0 Å². The molecule has 1 aliphatic rings. The van der Waals surface area contributed by atoms with Crippen LogP contribution in [0, 0.1) is 5.92 Å². The van der Waals surface area contributed by atoms with Crippen molar-refractivity contribution in [1.82, 2.24) is 15.5 Å². The zero-order valence-electron chi connectivity index (χ0n) is 13.9. The topological polar surface area (TPSA) is 48.9 Å². The molecule has 1 heterocycles. The van der Waals surface area contributed by atoms with Gasteiger partial charge in [-0.1, -0.05) is 6.92 Å². The van der Waals surface area contributed by atoms with Crippen LogP contribution in [-0.4, -0.2) is 63.8 Å². The lowest BCUT2D eigenvalue weighted by Gasteiger charge is -2.30. The first-order chi connectivity index (χ1) is 9.76. The summed E-state index contributed by atoms with van der Waals surface area (Å²) in [5.74, 6) is 1.74. The van der Waals surface area contributed by atoms with Crippen molar-refractivity contribution in [2.75, 3.05) is 53.0 Å². The largest absolute Gasteiger partial charge is 0.382 e. The first-order valence-corrected chi connectivity index (χ1v) is 8.00. The Morgan fingerprint density at radius 3 is 2.76 bits per heavy atom. The van der Waals surface area contributed by atoms with Gasteiger partial charge in [-0.25, -0.2) is 0 Å². The molecule has 1 unspecified atom stereocenters. The molecule has 1 rings (SSSR count). The maximum absolute atomic E-state index is 5.31. The standard InChI is InChI=1S/C15H32N4O.HI/c1-4-20-12-6-8-17-15(16-3)18-9-11-19-10-5-7-14(2)13-19;/h14H,4-13H2,1-3H3,(H2,16,17,18);1H. The lowest BCUT2D eigenvalue weighted by Crippen LogP contribution is -2.44. The fraction of sp³-hybridized carbons (Fsp3) is 0.933. The van der Waals surface area contributed by atoms with Crippen LogP contribution in [0.15, 0.2) is 4.99 Å². The molecule has 1 aliphatic heterocycles. The van der Waals surface area contributed by atoms with E-state index in [-0.39, 0.29) is 24.0 Å². The fourth-order valence-corrected chi connectivity index (χ4v) is 2.57. The third kappa shape index (κ3) is 10.3. The Hall–Kier alpha value is -0.0800. The Morgan fingerprint density at radius 1 is 1.33 bits per heavy atom. The van der Waals surface area contributed by atoms with Gasteiger partial charge in [-0.3, -0.25) is 4.99 Å². The molecule has 1 saturated heterocycles. The monoisotopic (exact) mass is 412 g/mol. The summed E-state index contributed by atoms with van der Waals surface area (Å²) >= 11 is 0. The Morgan fingerprint density at radius 2 is 2.10 bits per heavy atom. The van der Waals surface area contributed by atoms with Gasteiger partial charge in [-0.2, -0.15) is 0 Å². The average molecular weight is 412 g/mol. The molecule has 0 saturated carbocycles. The van der Waals surface area contributed by atoms with Crippen molar-refractivity contribution in [2.45, 2.75) is 33.1 Å². The molecule has 21 heavy (non-hydrogen) atoms. The molecular weight excluding hydrogens is 379 g/mol. The molecule has 0 aromatic carbocycles. The third-order valence-corrected chi connectivity index (χ3v) is 3.65. The number of rotatable bonds is 8. The van der Waals surface area contributed by atoms with E-state index in [1.165, 1.54) is 25.9 Å². The Labute approximate surface area is 147 Å². The van der Waals surface area contributed by atoms with Gasteiger partial charge in [-0.05, 0) is 38.6 Å². The summed E-state index contributed by atoms with van der Waals surface area (Å²) in [6.45, 7) is 11.4. The van der Waals surface area contributed by atoms with E-state index in [1.807, 2.05) is 14.0 Å². The van der Waals surface area contributed by atoms with Crippen molar-refractivity contribution in [1.29, 1.82) is 0 Å². The number of aliphatic imine (C=N–C) groups is 1. The lowest BCUT2D eigenvalue weighted by molar-refractivity contribution is 0.145. The number of nitrogens with zero attached hydrogens (tertiary/aromatic N) is 2. The van der Waals surface area contributed by atoms with E-state index < -0.39 is 0 Å². The van der Waals surface area contributed by atoms with Gasteiger partial charge in [0.05, 0.1) is 0 Å². The van der Waals surface area contributed by atoms with E-state index >= 15 is 0 Å². The van der Waals surface area contributed by atoms with E-state index in [1.54, 1.807) is 0 Å². The van der Waals surface area contributed by atoms with Crippen molar-refractivity contribution >= 4 is 29.9 Å². The van der Waals surface area contributed by atoms with Gasteiger partial charge in [0.2, 0.25) is 0 Å². The van der Waals surface area contributed by atoms with Crippen LogP contribution in [-0.2, 0) is 4.74 Å². The molecule has 1 atom stereocenters. The number of hydrogen-bond acceptors (Lipinski definition) is 3. The highest BCUT2D eigenvalue weighted by Crippen LogP contribution is 2.14. The first-order valence-electron chi connectivity index (χ1n) is 8.00. The van der Waals surface area contributed by atoms with Gasteiger partial charge in [0.15, 0.2) is 5.96 Å². The second kappa shape index (κ2) is 13.6. The van der Waals surface area contributed by atoms with Gasteiger partial charge in [0.1, 0.15) is 0 Å². The Kier molecular flexibility index (Phi) is 13.5. The maximum Gasteiger partial charge on any atom is 0.191 e. The number of likely N-dealkylation sites (tertiary alicyclic amines) is 1. The normalized spacial score (nSPS) is 20.0. The second-order valence-corrected chi connectivity index (χ2v) is 5.52. The number of halogens is 1. The van der Waals surface area contributed by atoms with Crippen LogP contribution < -0.4 is 10.6 Å². The SMILES string of the molecule is CCOCCCNC(=NC)NCCN1CCCC(C)C1.I. The summed E-state index contributed by atoms with van der Waals surface area (Å²) in [5, 5.41) is 6.69. The molecule has 0 amide bonds. The van der Waals surface area contributed by atoms with Crippen LogP contribution >= 0.6 is 24.0 Å². The summed E-state index contributed by atoms with van der Waals surface area (Å²) in [5.41, 5.74) is 0. The minimum atomic E-state index is 0. The third-order valence-electron chi connectivity index (χ3n) is 3.65. The van der Waals surface area contributed by atoms with Crippen molar-refractivity contribution in [2.24, 2.45) is 10.9 Å². The van der Waals surface area contributed by atoms with Gasteiger partial charge < -0.3 is 20.3 Å². The van der Waals surface area contributed by atoms with Crippen LogP contribution in [0.2, 0.25) is 0 Å². The molecule has 2 N–H and O–H groups in total. The maximum atomic E-state index is 5.31. The molecule has 0 bridgehead atoms. The van der Waals surface area contributed by atoms with Gasteiger partial charge in [-0.15, -0.1) is 24.0 Å². The number of hydrogen-bond donors (Lipinski definition) is 2. The highest BCUT2D eigenvalue weighted by atomic mass is 127. The molecule has 126 valence electrons. The number of ether oxygens (including phenoxy) is 1. The van der Waals surface area contributed by atoms with E-state index in [0.717, 1.165) is 51.1 Å². The van der Waals surface area contributed by atoms with E-state index in [9.17, 15) is 0 Å². The van der Waals surface area contributed by atoms with Crippen molar-refractivity contribution in [3.05, 3.63) is 0 Å². The molecule has 0 aromatic rings. The predicted molar refractivity (Wildman–Crippen MR) is 101 cm³/mol. The molecule has 6 heteroatoms. The van der Waals surface area contributed by atoms with Gasteiger partial charge >= 0.3 is 0 Å². The Balaban J connectivity index is 0.00000400. The molecule has 0 radical (unpaired) electrons. The summed E-state index contributed by atoms with van der Waals surface area (Å²) in [6, 6.07) is 0. The van der Waals surface area contributed by atoms with Crippen molar-refractivity contribution in [3.63, 3.8) is 0 Å². The first kappa shape index (κ1) is 20.9.